The summed E-state index contributed by atoms with van der Waals surface area (Å²) in [5.41, 5.74) is -0.753. The number of nitro benzene ring substituents is 1. The summed E-state index contributed by atoms with van der Waals surface area (Å²) in [6, 6.07) is 5.95. The number of hydrogen-bond donors (Lipinski definition) is 2. The zero-order valence-electron chi connectivity index (χ0n) is 12.7. The van der Waals surface area contributed by atoms with E-state index in [-0.39, 0.29) is 5.69 Å². The van der Waals surface area contributed by atoms with Crippen molar-refractivity contribution in [3.8, 4) is 5.75 Å². The smallest absolute Gasteiger partial charge is 0.269 e. The molecule has 0 fully saturated rings. The normalized spacial score (nSPS) is 14.0. The van der Waals surface area contributed by atoms with Crippen molar-refractivity contribution in [2.24, 2.45) is 0 Å². The molecule has 0 aliphatic rings. The van der Waals surface area contributed by atoms with Gasteiger partial charge in [-0.15, -0.1) is 0 Å². The minimum absolute atomic E-state index is 0.0419. The topological polar surface area (TPSA) is 87.9 Å². The molecule has 118 valence electrons. The van der Waals surface area contributed by atoms with Crippen LogP contribution in [0.5, 0.6) is 5.75 Å². The van der Waals surface area contributed by atoms with E-state index < -0.39 is 10.5 Å². The fraction of sp³-hybridized carbons (Fsp3) is 0.571. The highest BCUT2D eigenvalue weighted by atomic mass is 16.6. The van der Waals surface area contributed by atoms with Gasteiger partial charge >= 0.3 is 0 Å². The van der Waals surface area contributed by atoms with Gasteiger partial charge in [-0.1, -0.05) is 0 Å². The zero-order chi connectivity index (χ0) is 15.9. The molecule has 0 heterocycles. The summed E-state index contributed by atoms with van der Waals surface area (Å²) in [5.74, 6) is 0.586. The number of likely N-dealkylation sites (N-methyl/N-ethyl adjacent to an activating group) is 1. The average Bonchev–Trinajstić information content (AvgIpc) is 2.37. The molecule has 1 rings (SSSR count). The lowest BCUT2D eigenvalue weighted by atomic mass is 10.1. The van der Waals surface area contributed by atoms with Gasteiger partial charge in [-0.25, -0.2) is 0 Å². The third-order valence-corrected chi connectivity index (χ3v) is 2.76. The Kier molecular flexibility index (Phi) is 6.54. The summed E-state index contributed by atoms with van der Waals surface area (Å²) >= 11 is 0. The van der Waals surface area contributed by atoms with Crippen molar-refractivity contribution in [1.29, 1.82) is 0 Å². The van der Waals surface area contributed by atoms with Gasteiger partial charge in [0.25, 0.3) is 5.69 Å². The predicted molar refractivity (Wildman–Crippen MR) is 80.6 cm³/mol. The first-order chi connectivity index (χ1) is 9.80. The van der Waals surface area contributed by atoms with E-state index in [1.54, 1.807) is 19.1 Å². The first-order valence-corrected chi connectivity index (χ1v) is 6.75. The third kappa shape index (κ3) is 7.03. The molecule has 0 aromatic heterocycles. The highest BCUT2D eigenvalue weighted by Gasteiger charge is 2.20. The van der Waals surface area contributed by atoms with Crippen LogP contribution in [0.3, 0.4) is 0 Å². The van der Waals surface area contributed by atoms with Crippen LogP contribution in [-0.4, -0.2) is 60.9 Å². The summed E-state index contributed by atoms with van der Waals surface area (Å²) in [6.45, 7) is 3.83. The molecule has 0 saturated carbocycles. The van der Waals surface area contributed by atoms with E-state index in [4.69, 9.17) is 4.74 Å². The van der Waals surface area contributed by atoms with Gasteiger partial charge in [-0.3, -0.25) is 10.1 Å². The second-order valence-electron chi connectivity index (χ2n) is 5.51. The summed E-state index contributed by atoms with van der Waals surface area (Å²) in [7, 11) is 3.82. The number of benzene rings is 1. The van der Waals surface area contributed by atoms with Crippen LogP contribution in [0.1, 0.15) is 6.92 Å². The Bertz CT molecular complexity index is 446. The number of aliphatic hydroxyl groups is 1. The molecule has 1 aromatic carbocycles. The maximum atomic E-state index is 10.5. The molecular weight excluding hydrogens is 274 g/mol. The molecule has 0 amide bonds. The monoisotopic (exact) mass is 297 g/mol. The van der Waals surface area contributed by atoms with Gasteiger partial charge in [0.2, 0.25) is 0 Å². The van der Waals surface area contributed by atoms with Crippen molar-refractivity contribution >= 4 is 5.69 Å². The highest BCUT2D eigenvalue weighted by Crippen LogP contribution is 2.16. The second kappa shape index (κ2) is 7.92. The van der Waals surface area contributed by atoms with E-state index in [1.807, 2.05) is 19.0 Å². The Morgan fingerprint density at radius 1 is 1.38 bits per heavy atom. The van der Waals surface area contributed by atoms with Crippen molar-refractivity contribution in [2.75, 3.05) is 40.3 Å². The Morgan fingerprint density at radius 3 is 2.52 bits per heavy atom. The summed E-state index contributed by atoms with van der Waals surface area (Å²) in [4.78, 5) is 12.0. The lowest BCUT2D eigenvalue weighted by Gasteiger charge is -2.27. The number of nitro groups is 1. The molecule has 2 N–H and O–H groups in total. The Labute approximate surface area is 124 Å². The number of hydrogen-bond acceptors (Lipinski definition) is 6. The first kappa shape index (κ1) is 17.4. The molecule has 0 spiro atoms. The Morgan fingerprint density at radius 2 is 2.00 bits per heavy atom. The van der Waals surface area contributed by atoms with Crippen molar-refractivity contribution in [3.05, 3.63) is 34.4 Å². The van der Waals surface area contributed by atoms with Gasteiger partial charge in [0.15, 0.2) is 0 Å². The highest BCUT2D eigenvalue weighted by molar-refractivity contribution is 5.35. The molecule has 0 bridgehead atoms. The third-order valence-electron chi connectivity index (χ3n) is 2.76. The lowest BCUT2D eigenvalue weighted by Crippen LogP contribution is -2.46. The SMILES string of the molecule is CN(C)CC(C)(O)CNCCOc1ccc([N+](=O)[O-])cc1. The first-order valence-electron chi connectivity index (χ1n) is 6.75. The van der Waals surface area contributed by atoms with Crippen LogP contribution in [-0.2, 0) is 0 Å². The van der Waals surface area contributed by atoms with Crippen molar-refractivity contribution < 1.29 is 14.8 Å². The minimum atomic E-state index is -0.795. The van der Waals surface area contributed by atoms with E-state index >= 15 is 0 Å². The number of ether oxygens (including phenoxy) is 1. The molecule has 7 nitrogen and oxygen atoms in total. The van der Waals surface area contributed by atoms with Crippen LogP contribution in [0.15, 0.2) is 24.3 Å². The summed E-state index contributed by atoms with van der Waals surface area (Å²) in [5, 5.41) is 23.7. The van der Waals surface area contributed by atoms with Crippen LogP contribution in [0, 0.1) is 10.1 Å². The van der Waals surface area contributed by atoms with Crippen molar-refractivity contribution in [3.63, 3.8) is 0 Å². The van der Waals surface area contributed by atoms with Gasteiger partial charge in [0.1, 0.15) is 12.4 Å². The minimum Gasteiger partial charge on any atom is -0.492 e. The van der Waals surface area contributed by atoms with Crippen molar-refractivity contribution in [1.82, 2.24) is 10.2 Å². The molecule has 0 aliphatic carbocycles. The van der Waals surface area contributed by atoms with Gasteiger partial charge in [-0.2, -0.15) is 0 Å². The largest absolute Gasteiger partial charge is 0.492 e. The fourth-order valence-electron chi connectivity index (χ4n) is 2.00. The Hall–Kier alpha value is -1.70. The summed E-state index contributed by atoms with van der Waals surface area (Å²) in [6.07, 6.45) is 0. The molecule has 21 heavy (non-hydrogen) atoms. The van der Waals surface area contributed by atoms with Crippen LogP contribution in [0.4, 0.5) is 5.69 Å². The second-order valence-corrected chi connectivity index (χ2v) is 5.51. The molecule has 1 atom stereocenters. The number of nitrogens with one attached hydrogen (secondary N) is 1. The zero-order valence-corrected chi connectivity index (χ0v) is 12.7. The number of rotatable bonds is 9. The molecule has 0 saturated heterocycles. The van der Waals surface area contributed by atoms with E-state index in [0.29, 0.717) is 32.0 Å². The van der Waals surface area contributed by atoms with Gasteiger partial charge in [-0.05, 0) is 33.2 Å². The fourth-order valence-corrected chi connectivity index (χ4v) is 2.00. The lowest BCUT2D eigenvalue weighted by molar-refractivity contribution is -0.384. The maximum absolute atomic E-state index is 10.5. The molecule has 1 aromatic rings. The maximum Gasteiger partial charge on any atom is 0.269 e. The summed E-state index contributed by atoms with van der Waals surface area (Å²) < 4.78 is 5.46. The van der Waals surface area contributed by atoms with E-state index in [1.165, 1.54) is 12.1 Å². The average molecular weight is 297 g/mol. The number of nitrogens with zero attached hydrogens (tertiary/aromatic N) is 2. The number of non-ortho nitro benzene ring substituents is 1. The molecular formula is C14H23N3O4. The standard InChI is InChI=1S/C14H23N3O4/c1-14(18,11-16(2)3)10-15-8-9-21-13-6-4-12(5-7-13)17(19)20/h4-7,15,18H,8-11H2,1-3H3. The van der Waals surface area contributed by atoms with Gasteiger partial charge in [0.05, 0.1) is 10.5 Å². The molecule has 0 aliphatic heterocycles. The van der Waals surface area contributed by atoms with Crippen LogP contribution in [0.25, 0.3) is 0 Å². The predicted octanol–water partition coefficient (Wildman–Crippen LogP) is 0.876. The Balaban J connectivity index is 2.23. The van der Waals surface area contributed by atoms with Crippen LogP contribution < -0.4 is 10.1 Å². The molecule has 7 heteroatoms. The quantitative estimate of drug-likeness (QED) is 0.399. The molecule has 1 unspecified atom stereocenters. The van der Waals surface area contributed by atoms with E-state index in [2.05, 4.69) is 5.32 Å². The van der Waals surface area contributed by atoms with E-state index in [9.17, 15) is 15.2 Å². The van der Waals surface area contributed by atoms with Crippen LogP contribution >= 0.6 is 0 Å². The van der Waals surface area contributed by atoms with E-state index in [0.717, 1.165) is 0 Å². The van der Waals surface area contributed by atoms with Crippen LogP contribution in [0.2, 0.25) is 0 Å². The molecule has 0 radical (unpaired) electrons. The van der Waals surface area contributed by atoms with Crippen molar-refractivity contribution in [2.45, 2.75) is 12.5 Å². The van der Waals surface area contributed by atoms with Gasteiger partial charge in [0, 0.05) is 31.8 Å². The van der Waals surface area contributed by atoms with Gasteiger partial charge < -0.3 is 20.1 Å².